The first kappa shape index (κ1) is 13.1. The van der Waals surface area contributed by atoms with Gasteiger partial charge in [-0.1, -0.05) is 13.8 Å². The zero-order valence-electron chi connectivity index (χ0n) is 11.2. The van der Waals surface area contributed by atoms with E-state index in [1.165, 1.54) is 6.42 Å². The number of aromatic nitrogens is 1. The lowest BCUT2D eigenvalue weighted by Crippen LogP contribution is -2.01. The Morgan fingerprint density at radius 3 is 2.89 bits per heavy atom. The molecule has 0 aliphatic rings. The average Bonchev–Trinajstić information content (AvgIpc) is 2.63. The van der Waals surface area contributed by atoms with Crippen molar-refractivity contribution in [2.45, 2.75) is 33.6 Å². The van der Waals surface area contributed by atoms with Crippen LogP contribution in [0.25, 0.3) is 10.2 Å². The molecule has 0 spiro atoms. The quantitative estimate of drug-likeness (QED) is 0.656. The molecule has 0 saturated heterocycles. The lowest BCUT2D eigenvalue weighted by molar-refractivity contribution is 0.299. The SMILES string of the molecule is Cc1nc2cc(OCCCC(C)C)c(N)cc2s1. The molecule has 0 aliphatic heterocycles. The van der Waals surface area contributed by atoms with E-state index in [1.807, 2.05) is 19.1 Å². The highest BCUT2D eigenvalue weighted by atomic mass is 32.1. The van der Waals surface area contributed by atoms with Gasteiger partial charge in [0.15, 0.2) is 0 Å². The molecule has 98 valence electrons. The number of ether oxygens (including phenoxy) is 1. The van der Waals surface area contributed by atoms with Crippen molar-refractivity contribution in [2.24, 2.45) is 5.92 Å². The van der Waals surface area contributed by atoms with E-state index in [0.717, 1.165) is 39.9 Å². The van der Waals surface area contributed by atoms with E-state index in [-0.39, 0.29) is 0 Å². The van der Waals surface area contributed by atoms with Crippen LogP contribution in [0.1, 0.15) is 31.7 Å². The number of nitrogens with two attached hydrogens (primary N) is 1. The topological polar surface area (TPSA) is 48.1 Å². The van der Waals surface area contributed by atoms with Crippen LogP contribution in [0, 0.1) is 12.8 Å². The van der Waals surface area contributed by atoms with Crippen LogP contribution in [-0.4, -0.2) is 11.6 Å². The van der Waals surface area contributed by atoms with Crippen LogP contribution >= 0.6 is 11.3 Å². The fourth-order valence-corrected chi connectivity index (χ4v) is 2.74. The number of benzene rings is 1. The number of hydrogen-bond acceptors (Lipinski definition) is 4. The Hall–Kier alpha value is -1.29. The van der Waals surface area contributed by atoms with E-state index in [1.54, 1.807) is 11.3 Å². The van der Waals surface area contributed by atoms with Crippen molar-refractivity contribution in [3.63, 3.8) is 0 Å². The van der Waals surface area contributed by atoms with Crippen LogP contribution in [0.5, 0.6) is 5.75 Å². The van der Waals surface area contributed by atoms with Crippen LogP contribution in [-0.2, 0) is 0 Å². The molecule has 2 rings (SSSR count). The van der Waals surface area contributed by atoms with Crippen molar-refractivity contribution < 1.29 is 4.74 Å². The Morgan fingerprint density at radius 2 is 2.17 bits per heavy atom. The average molecular weight is 264 g/mol. The summed E-state index contributed by atoms with van der Waals surface area (Å²) in [6, 6.07) is 3.90. The summed E-state index contributed by atoms with van der Waals surface area (Å²) in [7, 11) is 0. The second kappa shape index (κ2) is 5.57. The first-order valence-corrected chi connectivity index (χ1v) is 7.17. The molecule has 2 aromatic rings. The number of rotatable bonds is 5. The van der Waals surface area contributed by atoms with E-state index >= 15 is 0 Å². The van der Waals surface area contributed by atoms with Gasteiger partial charge < -0.3 is 10.5 Å². The Labute approximate surface area is 112 Å². The predicted molar refractivity (Wildman–Crippen MR) is 78.3 cm³/mol. The summed E-state index contributed by atoms with van der Waals surface area (Å²) >= 11 is 1.66. The highest BCUT2D eigenvalue weighted by Gasteiger charge is 2.07. The maximum atomic E-state index is 5.99. The molecule has 1 heterocycles. The van der Waals surface area contributed by atoms with Gasteiger partial charge in [0, 0.05) is 6.07 Å². The molecule has 0 unspecified atom stereocenters. The maximum Gasteiger partial charge on any atom is 0.144 e. The van der Waals surface area contributed by atoms with Crippen LogP contribution in [0.4, 0.5) is 5.69 Å². The van der Waals surface area contributed by atoms with Crippen molar-refractivity contribution in [1.82, 2.24) is 4.98 Å². The van der Waals surface area contributed by atoms with Crippen molar-refractivity contribution in [1.29, 1.82) is 0 Å². The molecule has 0 fully saturated rings. The largest absolute Gasteiger partial charge is 0.491 e. The van der Waals surface area contributed by atoms with E-state index < -0.39 is 0 Å². The standard InChI is InChI=1S/C14H20N2OS/c1-9(2)5-4-6-17-13-8-12-14(7-11(13)15)18-10(3)16-12/h7-9H,4-6,15H2,1-3H3. The van der Waals surface area contributed by atoms with Gasteiger partial charge in [0.1, 0.15) is 5.75 Å². The van der Waals surface area contributed by atoms with E-state index in [2.05, 4.69) is 18.8 Å². The summed E-state index contributed by atoms with van der Waals surface area (Å²) in [5.74, 6) is 1.48. The zero-order valence-corrected chi connectivity index (χ0v) is 12.0. The molecule has 18 heavy (non-hydrogen) atoms. The Kier molecular flexibility index (Phi) is 4.07. The van der Waals surface area contributed by atoms with Gasteiger partial charge in [-0.05, 0) is 31.7 Å². The molecule has 0 saturated carbocycles. The number of aryl methyl sites for hydroxylation is 1. The second-order valence-corrected chi connectivity index (χ2v) is 6.21. The first-order valence-electron chi connectivity index (χ1n) is 6.35. The third kappa shape index (κ3) is 3.13. The Morgan fingerprint density at radius 1 is 1.39 bits per heavy atom. The minimum absolute atomic E-state index is 0.704. The summed E-state index contributed by atoms with van der Waals surface area (Å²) in [5.41, 5.74) is 7.67. The molecular formula is C14H20N2OS. The third-order valence-corrected chi connectivity index (χ3v) is 3.74. The predicted octanol–water partition coefficient (Wildman–Crippen LogP) is 4.00. The molecule has 0 radical (unpaired) electrons. The fourth-order valence-electron chi connectivity index (χ4n) is 1.88. The van der Waals surface area contributed by atoms with Gasteiger partial charge >= 0.3 is 0 Å². The molecule has 0 amide bonds. The fraction of sp³-hybridized carbons (Fsp3) is 0.500. The van der Waals surface area contributed by atoms with E-state index in [4.69, 9.17) is 10.5 Å². The van der Waals surface area contributed by atoms with Crippen molar-refractivity contribution >= 4 is 27.2 Å². The second-order valence-electron chi connectivity index (χ2n) is 4.98. The first-order chi connectivity index (χ1) is 8.56. The lowest BCUT2D eigenvalue weighted by atomic mass is 10.1. The molecule has 1 aromatic heterocycles. The van der Waals surface area contributed by atoms with Gasteiger partial charge in [-0.15, -0.1) is 11.3 Å². The summed E-state index contributed by atoms with van der Waals surface area (Å²) in [5, 5.41) is 1.06. The van der Waals surface area contributed by atoms with E-state index in [9.17, 15) is 0 Å². The number of nitrogen functional groups attached to an aromatic ring is 1. The van der Waals surface area contributed by atoms with Crippen molar-refractivity contribution in [2.75, 3.05) is 12.3 Å². The number of fused-ring (bicyclic) bond motifs is 1. The number of anilines is 1. The van der Waals surface area contributed by atoms with Gasteiger partial charge in [0.25, 0.3) is 0 Å². The minimum atomic E-state index is 0.704. The maximum absolute atomic E-state index is 5.99. The van der Waals surface area contributed by atoms with Gasteiger partial charge in [-0.3, -0.25) is 0 Å². The molecule has 3 nitrogen and oxygen atoms in total. The lowest BCUT2D eigenvalue weighted by Gasteiger charge is -2.09. The number of thiazole rings is 1. The number of hydrogen-bond donors (Lipinski definition) is 1. The molecule has 0 bridgehead atoms. The highest BCUT2D eigenvalue weighted by molar-refractivity contribution is 7.18. The minimum Gasteiger partial charge on any atom is -0.491 e. The zero-order chi connectivity index (χ0) is 13.1. The molecule has 4 heteroatoms. The molecule has 0 atom stereocenters. The summed E-state index contributed by atoms with van der Waals surface area (Å²) in [4.78, 5) is 4.45. The summed E-state index contributed by atoms with van der Waals surface area (Å²) in [6.07, 6.45) is 2.24. The van der Waals surface area contributed by atoms with Crippen LogP contribution in [0.2, 0.25) is 0 Å². The van der Waals surface area contributed by atoms with Crippen LogP contribution < -0.4 is 10.5 Å². The Balaban J connectivity index is 2.05. The molecule has 2 N–H and O–H groups in total. The van der Waals surface area contributed by atoms with Crippen LogP contribution in [0.3, 0.4) is 0 Å². The summed E-state index contributed by atoms with van der Waals surface area (Å²) < 4.78 is 6.87. The van der Waals surface area contributed by atoms with Crippen LogP contribution in [0.15, 0.2) is 12.1 Å². The van der Waals surface area contributed by atoms with Crippen molar-refractivity contribution in [3.8, 4) is 5.75 Å². The van der Waals surface area contributed by atoms with Crippen molar-refractivity contribution in [3.05, 3.63) is 17.1 Å². The highest BCUT2D eigenvalue weighted by Crippen LogP contribution is 2.31. The smallest absolute Gasteiger partial charge is 0.144 e. The Bertz CT molecular complexity index is 534. The normalized spacial score (nSPS) is 11.3. The van der Waals surface area contributed by atoms with Gasteiger partial charge in [-0.25, -0.2) is 4.98 Å². The van der Waals surface area contributed by atoms with Gasteiger partial charge in [0.2, 0.25) is 0 Å². The number of nitrogens with zero attached hydrogens (tertiary/aromatic N) is 1. The monoisotopic (exact) mass is 264 g/mol. The summed E-state index contributed by atoms with van der Waals surface area (Å²) in [6.45, 7) is 7.16. The molecular weight excluding hydrogens is 244 g/mol. The molecule has 1 aromatic carbocycles. The molecule has 0 aliphatic carbocycles. The van der Waals surface area contributed by atoms with Gasteiger partial charge in [0.05, 0.1) is 27.5 Å². The van der Waals surface area contributed by atoms with E-state index in [0.29, 0.717) is 5.69 Å². The van der Waals surface area contributed by atoms with Gasteiger partial charge in [-0.2, -0.15) is 0 Å². The third-order valence-electron chi connectivity index (χ3n) is 2.81.